The van der Waals surface area contributed by atoms with E-state index in [-0.39, 0.29) is 0 Å². The number of benzene rings is 1. The third-order valence-electron chi connectivity index (χ3n) is 3.15. The average Bonchev–Trinajstić information content (AvgIpc) is 2.75. The number of rotatable bonds is 4. The summed E-state index contributed by atoms with van der Waals surface area (Å²) in [6.07, 6.45) is 3.80. The summed E-state index contributed by atoms with van der Waals surface area (Å²) >= 11 is 0. The summed E-state index contributed by atoms with van der Waals surface area (Å²) in [5.74, 6) is 0.934. The first-order chi connectivity index (χ1) is 8.60. The van der Waals surface area contributed by atoms with Crippen molar-refractivity contribution >= 4 is 0 Å². The molecule has 0 amide bonds. The fourth-order valence-corrected chi connectivity index (χ4v) is 2.31. The van der Waals surface area contributed by atoms with Crippen molar-refractivity contribution in [2.45, 2.75) is 39.8 Å². The van der Waals surface area contributed by atoms with Crippen molar-refractivity contribution in [2.75, 3.05) is 0 Å². The number of hydrogen-bond acceptors (Lipinski definition) is 2. The van der Waals surface area contributed by atoms with Crippen molar-refractivity contribution in [3.05, 3.63) is 53.1 Å². The molecular formula is C15H20N2O. The minimum absolute atomic E-state index is 0.490. The molecule has 3 nitrogen and oxygen atoms in total. The van der Waals surface area contributed by atoms with Gasteiger partial charge in [0.1, 0.15) is 5.82 Å². The Morgan fingerprint density at radius 3 is 2.50 bits per heavy atom. The molecule has 0 radical (unpaired) electrons. The highest BCUT2D eigenvalue weighted by Gasteiger charge is 2.12. The molecular weight excluding hydrogens is 224 g/mol. The zero-order valence-corrected chi connectivity index (χ0v) is 11.2. The Labute approximate surface area is 108 Å². The first-order valence-electron chi connectivity index (χ1n) is 6.36. The summed E-state index contributed by atoms with van der Waals surface area (Å²) in [6.45, 7) is 7.07. The van der Waals surface area contributed by atoms with Gasteiger partial charge in [-0.2, -0.15) is 0 Å². The average molecular weight is 244 g/mol. The van der Waals surface area contributed by atoms with Gasteiger partial charge in [0.15, 0.2) is 0 Å². The number of aromatic nitrogens is 2. The second-order valence-corrected chi connectivity index (χ2v) is 4.77. The fourth-order valence-electron chi connectivity index (χ4n) is 2.31. The van der Waals surface area contributed by atoms with E-state index in [0.717, 1.165) is 17.9 Å². The third-order valence-corrected chi connectivity index (χ3v) is 3.15. The van der Waals surface area contributed by atoms with Gasteiger partial charge in [-0.3, -0.25) is 0 Å². The summed E-state index contributed by atoms with van der Waals surface area (Å²) in [6, 6.07) is 6.19. The van der Waals surface area contributed by atoms with Gasteiger partial charge in [0.2, 0.25) is 0 Å². The molecule has 0 spiro atoms. The standard InChI is InChI=1S/C15H20N2O/c1-4-17-6-5-16-15(17)10-14(18)13-8-11(2)7-12(3)9-13/h5-9,14,18H,4,10H2,1-3H3. The molecule has 2 rings (SSSR count). The molecule has 1 N–H and O–H groups in total. The van der Waals surface area contributed by atoms with Crippen LogP contribution in [-0.2, 0) is 13.0 Å². The molecule has 1 aromatic carbocycles. The Balaban J connectivity index is 2.19. The number of aliphatic hydroxyl groups excluding tert-OH is 1. The van der Waals surface area contributed by atoms with Crippen LogP contribution in [0.3, 0.4) is 0 Å². The van der Waals surface area contributed by atoms with Gasteiger partial charge < -0.3 is 9.67 Å². The maximum atomic E-state index is 10.3. The molecule has 3 heteroatoms. The van der Waals surface area contributed by atoms with Crippen LogP contribution in [0.15, 0.2) is 30.6 Å². The normalized spacial score (nSPS) is 12.7. The van der Waals surface area contributed by atoms with Gasteiger partial charge in [0, 0.05) is 25.4 Å². The molecule has 1 atom stereocenters. The molecule has 0 aliphatic heterocycles. The van der Waals surface area contributed by atoms with Crippen molar-refractivity contribution < 1.29 is 5.11 Å². The van der Waals surface area contributed by atoms with Crippen LogP contribution in [0.4, 0.5) is 0 Å². The summed E-state index contributed by atoms with van der Waals surface area (Å²) < 4.78 is 2.06. The number of aryl methyl sites for hydroxylation is 3. The van der Waals surface area contributed by atoms with E-state index in [1.54, 1.807) is 6.20 Å². The van der Waals surface area contributed by atoms with E-state index in [1.807, 2.05) is 18.3 Å². The monoisotopic (exact) mass is 244 g/mol. The lowest BCUT2D eigenvalue weighted by Crippen LogP contribution is -2.08. The van der Waals surface area contributed by atoms with Crippen molar-refractivity contribution in [1.82, 2.24) is 9.55 Å². The van der Waals surface area contributed by atoms with E-state index >= 15 is 0 Å². The lowest BCUT2D eigenvalue weighted by atomic mass is 10.0. The van der Waals surface area contributed by atoms with E-state index in [4.69, 9.17) is 0 Å². The number of hydrogen-bond donors (Lipinski definition) is 1. The summed E-state index contributed by atoms with van der Waals surface area (Å²) in [5.41, 5.74) is 3.34. The molecule has 0 saturated carbocycles. The van der Waals surface area contributed by atoms with Gasteiger partial charge in [0.25, 0.3) is 0 Å². The first kappa shape index (κ1) is 12.8. The van der Waals surface area contributed by atoms with Crippen LogP contribution in [-0.4, -0.2) is 14.7 Å². The van der Waals surface area contributed by atoms with Crippen molar-refractivity contribution in [1.29, 1.82) is 0 Å². The van der Waals surface area contributed by atoms with Crippen LogP contribution in [0.2, 0.25) is 0 Å². The zero-order chi connectivity index (χ0) is 13.1. The Kier molecular flexibility index (Phi) is 3.82. The van der Waals surface area contributed by atoms with Crippen LogP contribution in [0.25, 0.3) is 0 Å². The molecule has 0 bridgehead atoms. The highest BCUT2D eigenvalue weighted by atomic mass is 16.3. The summed E-state index contributed by atoms with van der Waals surface area (Å²) in [5, 5.41) is 10.3. The van der Waals surface area contributed by atoms with Crippen LogP contribution in [0, 0.1) is 13.8 Å². The van der Waals surface area contributed by atoms with Crippen molar-refractivity contribution in [3.8, 4) is 0 Å². The van der Waals surface area contributed by atoms with E-state index in [1.165, 1.54) is 11.1 Å². The lowest BCUT2D eigenvalue weighted by Gasteiger charge is -2.13. The maximum absolute atomic E-state index is 10.3. The molecule has 18 heavy (non-hydrogen) atoms. The molecule has 0 saturated heterocycles. The molecule has 1 aromatic heterocycles. The molecule has 96 valence electrons. The van der Waals surface area contributed by atoms with E-state index < -0.39 is 6.10 Å². The largest absolute Gasteiger partial charge is 0.388 e. The van der Waals surface area contributed by atoms with E-state index in [0.29, 0.717) is 6.42 Å². The first-order valence-corrected chi connectivity index (χ1v) is 6.36. The number of imidazole rings is 1. The fraction of sp³-hybridized carbons (Fsp3) is 0.400. The van der Waals surface area contributed by atoms with Gasteiger partial charge in [-0.05, 0) is 26.3 Å². The van der Waals surface area contributed by atoms with E-state index in [2.05, 4.69) is 36.4 Å². The van der Waals surface area contributed by atoms with Crippen LogP contribution in [0.1, 0.15) is 35.5 Å². The Morgan fingerprint density at radius 1 is 1.22 bits per heavy atom. The molecule has 1 unspecified atom stereocenters. The minimum Gasteiger partial charge on any atom is -0.388 e. The van der Waals surface area contributed by atoms with Crippen LogP contribution in [0.5, 0.6) is 0 Å². The van der Waals surface area contributed by atoms with Crippen molar-refractivity contribution in [2.24, 2.45) is 0 Å². The Hall–Kier alpha value is -1.61. The third kappa shape index (κ3) is 2.79. The van der Waals surface area contributed by atoms with Crippen molar-refractivity contribution in [3.63, 3.8) is 0 Å². The predicted octanol–water partition coefficient (Wildman–Crippen LogP) is 2.80. The SMILES string of the molecule is CCn1ccnc1CC(O)c1cc(C)cc(C)c1. The highest BCUT2D eigenvalue weighted by molar-refractivity contribution is 5.30. The molecule has 0 aliphatic rings. The number of nitrogens with zero attached hydrogens (tertiary/aromatic N) is 2. The second-order valence-electron chi connectivity index (χ2n) is 4.77. The predicted molar refractivity (Wildman–Crippen MR) is 72.5 cm³/mol. The molecule has 2 aromatic rings. The Morgan fingerprint density at radius 2 is 1.89 bits per heavy atom. The topological polar surface area (TPSA) is 38.0 Å². The van der Waals surface area contributed by atoms with Crippen LogP contribution < -0.4 is 0 Å². The van der Waals surface area contributed by atoms with Crippen LogP contribution >= 0.6 is 0 Å². The summed E-state index contributed by atoms with van der Waals surface area (Å²) in [7, 11) is 0. The molecule has 0 fully saturated rings. The molecule has 1 heterocycles. The maximum Gasteiger partial charge on any atom is 0.111 e. The quantitative estimate of drug-likeness (QED) is 0.898. The minimum atomic E-state index is -0.490. The Bertz CT molecular complexity index is 511. The zero-order valence-electron chi connectivity index (χ0n) is 11.2. The molecule has 0 aliphatic carbocycles. The highest BCUT2D eigenvalue weighted by Crippen LogP contribution is 2.20. The number of aliphatic hydroxyl groups is 1. The lowest BCUT2D eigenvalue weighted by molar-refractivity contribution is 0.174. The summed E-state index contributed by atoms with van der Waals surface area (Å²) in [4.78, 5) is 4.30. The second kappa shape index (κ2) is 5.36. The van der Waals surface area contributed by atoms with Gasteiger partial charge in [0.05, 0.1) is 6.10 Å². The van der Waals surface area contributed by atoms with Gasteiger partial charge in [-0.25, -0.2) is 4.98 Å². The van der Waals surface area contributed by atoms with Gasteiger partial charge in [-0.15, -0.1) is 0 Å². The van der Waals surface area contributed by atoms with Gasteiger partial charge >= 0.3 is 0 Å². The smallest absolute Gasteiger partial charge is 0.111 e. The van der Waals surface area contributed by atoms with E-state index in [9.17, 15) is 5.11 Å². The van der Waals surface area contributed by atoms with Gasteiger partial charge in [-0.1, -0.05) is 29.3 Å².